The van der Waals surface area contributed by atoms with Crippen LogP contribution in [0.2, 0.25) is 15.1 Å². The average molecular weight is 257 g/mol. The number of hydrogen-bond donors (Lipinski definition) is 1. The van der Waals surface area contributed by atoms with Gasteiger partial charge in [0.15, 0.2) is 0 Å². The van der Waals surface area contributed by atoms with Gasteiger partial charge in [-0.2, -0.15) is 0 Å². The first-order valence-corrected chi connectivity index (χ1v) is 5.20. The average Bonchev–Trinajstić information content (AvgIpc) is 2.19. The van der Waals surface area contributed by atoms with Crippen molar-refractivity contribution in [2.75, 3.05) is 0 Å². The van der Waals surface area contributed by atoms with Gasteiger partial charge in [-0.05, 0) is 18.1 Å². The third-order valence-electron chi connectivity index (χ3n) is 1.97. The zero-order chi connectivity index (χ0) is 10.9. The molecule has 78 valence electrons. The molecule has 0 bridgehead atoms. The summed E-state index contributed by atoms with van der Waals surface area (Å²) in [6.07, 6.45) is 0.650. The van der Waals surface area contributed by atoms with E-state index in [4.69, 9.17) is 40.5 Å². The highest BCUT2D eigenvalue weighted by molar-refractivity contribution is 6.48. The van der Waals surface area contributed by atoms with Crippen LogP contribution in [-0.4, -0.2) is 0 Å². The molecule has 2 N–H and O–H groups in total. The molecule has 0 saturated carbocycles. The van der Waals surface area contributed by atoms with Gasteiger partial charge in [-0.3, -0.25) is 0 Å². The Hall–Kier alpha value is -0.0200. The lowest BCUT2D eigenvalue weighted by Crippen LogP contribution is -2.10. The van der Waals surface area contributed by atoms with Crippen molar-refractivity contribution in [3.63, 3.8) is 0 Å². The van der Waals surface area contributed by atoms with Crippen LogP contribution in [0.1, 0.15) is 24.9 Å². The van der Waals surface area contributed by atoms with Gasteiger partial charge in [0.05, 0.1) is 15.1 Å². The lowest BCUT2D eigenvalue weighted by atomic mass is 10.1. The number of benzene rings is 1. The Bertz CT molecular complexity index is 354. The smallest absolute Gasteiger partial charge is 0.143 e. The van der Waals surface area contributed by atoms with Gasteiger partial charge in [-0.25, -0.2) is 4.39 Å². The van der Waals surface area contributed by atoms with Crippen LogP contribution >= 0.6 is 34.8 Å². The first-order chi connectivity index (χ1) is 6.49. The maximum atomic E-state index is 13.2. The standard InChI is InChI=1S/C9H9Cl3FN/c1-2-6(14)4-3-5(13)8(11)9(12)7(4)10/h3,6H,2,14H2,1H3. The second-order valence-corrected chi connectivity index (χ2v) is 4.04. The van der Waals surface area contributed by atoms with Gasteiger partial charge in [-0.1, -0.05) is 41.7 Å². The van der Waals surface area contributed by atoms with E-state index in [9.17, 15) is 4.39 Å². The lowest BCUT2D eigenvalue weighted by Gasteiger charge is -2.13. The molecule has 0 aromatic heterocycles. The molecule has 0 aliphatic carbocycles. The SMILES string of the molecule is CCC(N)c1cc(F)c(Cl)c(Cl)c1Cl. The topological polar surface area (TPSA) is 26.0 Å². The molecule has 1 aromatic carbocycles. The third-order valence-corrected chi connectivity index (χ3v) is 3.32. The molecule has 5 heteroatoms. The molecule has 14 heavy (non-hydrogen) atoms. The van der Waals surface area contributed by atoms with Gasteiger partial charge in [0.25, 0.3) is 0 Å². The van der Waals surface area contributed by atoms with Crippen molar-refractivity contribution in [2.45, 2.75) is 19.4 Å². The zero-order valence-corrected chi connectivity index (χ0v) is 9.72. The van der Waals surface area contributed by atoms with Gasteiger partial charge in [0, 0.05) is 6.04 Å². The normalized spacial score (nSPS) is 13.0. The lowest BCUT2D eigenvalue weighted by molar-refractivity contribution is 0.617. The van der Waals surface area contributed by atoms with E-state index in [0.29, 0.717) is 12.0 Å². The minimum atomic E-state index is -0.597. The van der Waals surface area contributed by atoms with Gasteiger partial charge < -0.3 is 5.73 Å². The van der Waals surface area contributed by atoms with Crippen LogP contribution in [0.4, 0.5) is 4.39 Å². The molecule has 0 aliphatic heterocycles. The van der Waals surface area contributed by atoms with Crippen molar-refractivity contribution in [1.82, 2.24) is 0 Å². The van der Waals surface area contributed by atoms with E-state index in [0.717, 1.165) is 0 Å². The first-order valence-electron chi connectivity index (χ1n) is 4.07. The molecule has 0 saturated heterocycles. The molecular formula is C9H9Cl3FN. The van der Waals surface area contributed by atoms with Crippen molar-refractivity contribution in [2.24, 2.45) is 5.73 Å². The van der Waals surface area contributed by atoms with Crippen molar-refractivity contribution in [1.29, 1.82) is 0 Å². The van der Waals surface area contributed by atoms with E-state index in [1.807, 2.05) is 6.92 Å². The monoisotopic (exact) mass is 255 g/mol. The molecule has 0 aliphatic rings. The molecule has 0 amide bonds. The maximum absolute atomic E-state index is 13.2. The summed E-state index contributed by atoms with van der Waals surface area (Å²) in [6.45, 7) is 1.88. The molecule has 0 heterocycles. The summed E-state index contributed by atoms with van der Waals surface area (Å²) in [7, 11) is 0. The summed E-state index contributed by atoms with van der Waals surface area (Å²) in [5.74, 6) is -0.597. The number of rotatable bonds is 2. The summed E-state index contributed by atoms with van der Waals surface area (Å²) in [4.78, 5) is 0. The van der Waals surface area contributed by atoms with Crippen LogP contribution in [0, 0.1) is 5.82 Å². The fraction of sp³-hybridized carbons (Fsp3) is 0.333. The minimum Gasteiger partial charge on any atom is -0.324 e. The quantitative estimate of drug-likeness (QED) is 0.623. The number of halogens is 4. The molecule has 1 aromatic rings. The molecule has 1 rings (SSSR count). The van der Waals surface area contributed by atoms with Crippen molar-refractivity contribution in [3.8, 4) is 0 Å². The minimum absolute atomic E-state index is 0.0206. The Balaban J connectivity index is 3.33. The van der Waals surface area contributed by atoms with Crippen LogP contribution < -0.4 is 5.73 Å². The van der Waals surface area contributed by atoms with E-state index in [1.165, 1.54) is 6.07 Å². The third kappa shape index (κ3) is 2.14. The summed E-state index contributed by atoms with van der Waals surface area (Å²) in [5, 5.41) is 0.0865. The molecular weight excluding hydrogens is 247 g/mol. The van der Waals surface area contributed by atoms with Crippen molar-refractivity contribution < 1.29 is 4.39 Å². The highest BCUT2D eigenvalue weighted by atomic mass is 35.5. The van der Waals surface area contributed by atoms with E-state index in [2.05, 4.69) is 0 Å². The Kier molecular flexibility index (Phi) is 4.02. The fourth-order valence-corrected chi connectivity index (χ4v) is 1.77. The van der Waals surface area contributed by atoms with Gasteiger partial charge >= 0.3 is 0 Å². The second-order valence-electron chi connectivity index (χ2n) is 2.90. The van der Waals surface area contributed by atoms with E-state index >= 15 is 0 Å². The number of hydrogen-bond acceptors (Lipinski definition) is 1. The zero-order valence-electron chi connectivity index (χ0n) is 7.45. The van der Waals surface area contributed by atoms with E-state index in [1.54, 1.807) is 0 Å². The van der Waals surface area contributed by atoms with Crippen molar-refractivity contribution >= 4 is 34.8 Å². The molecule has 1 atom stereocenters. The molecule has 0 radical (unpaired) electrons. The molecule has 0 spiro atoms. The predicted octanol–water partition coefficient (Wildman–Crippen LogP) is 4.20. The Morgan fingerprint density at radius 3 is 2.36 bits per heavy atom. The van der Waals surface area contributed by atoms with Crippen LogP contribution in [-0.2, 0) is 0 Å². The first kappa shape index (κ1) is 12.1. The van der Waals surface area contributed by atoms with E-state index < -0.39 is 5.82 Å². The number of nitrogens with two attached hydrogens (primary N) is 1. The highest BCUT2D eigenvalue weighted by Crippen LogP contribution is 2.37. The largest absolute Gasteiger partial charge is 0.324 e. The molecule has 0 fully saturated rings. The maximum Gasteiger partial charge on any atom is 0.143 e. The van der Waals surface area contributed by atoms with Gasteiger partial charge in [-0.15, -0.1) is 0 Å². The summed E-state index contributed by atoms with van der Waals surface area (Å²) < 4.78 is 13.2. The fourth-order valence-electron chi connectivity index (χ4n) is 1.08. The van der Waals surface area contributed by atoms with Crippen LogP contribution in [0.15, 0.2) is 6.07 Å². The summed E-state index contributed by atoms with van der Waals surface area (Å²) in [6, 6.07) is 0.900. The summed E-state index contributed by atoms with van der Waals surface area (Å²) in [5.41, 5.74) is 6.22. The Morgan fingerprint density at radius 2 is 1.86 bits per heavy atom. The molecule has 1 unspecified atom stereocenters. The van der Waals surface area contributed by atoms with Crippen molar-refractivity contribution in [3.05, 3.63) is 32.5 Å². The summed E-state index contributed by atoms with van der Waals surface area (Å²) >= 11 is 17.2. The van der Waals surface area contributed by atoms with E-state index in [-0.39, 0.29) is 21.1 Å². The Morgan fingerprint density at radius 1 is 1.29 bits per heavy atom. The Labute approximate surface area is 96.9 Å². The highest BCUT2D eigenvalue weighted by Gasteiger charge is 2.17. The van der Waals surface area contributed by atoms with Crippen LogP contribution in [0.5, 0.6) is 0 Å². The predicted molar refractivity (Wildman–Crippen MR) is 58.6 cm³/mol. The second kappa shape index (κ2) is 4.67. The molecule has 1 nitrogen and oxygen atoms in total. The van der Waals surface area contributed by atoms with Crippen LogP contribution in [0.25, 0.3) is 0 Å². The van der Waals surface area contributed by atoms with Crippen LogP contribution in [0.3, 0.4) is 0 Å². The van der Waals surface area contributed by atoms with Gasteiger partial charge in [0.2, 0.25) is 0 Å². The van der Waals surface area contributed by atoms with Gasteiger partial charge in [0.1, 0.15) is 5.82 Å².